The van der Waals surface area contributed by atoms with E-state index in [2.05, 4.69) is 0 Å². The Morgan fingerprint density at radius 1 is 1.12 bits per heavy atom. The Labute approximate surface area is 154 Å². The first-order valence-corrected chi connectivity index (χ1v) is 9.12. The Morgan fingerprint density at radius 2 is 1.88 bits per heavy atom. The number of halogens is 1. The van der Waals surface area contributed by atoms with E-state index in [0.717, 1.165) is 4.90 Å². The largest absolute Gasteiger partial charge is 0.486 e. The maximum absolute atomic E-state index is 12.3. The van der Waals surface area contributed by atoms with E-state index in [0.29, 0.717) is 30.3 Å². The number of esters is 1. The van der Waals surface area contributed by atoms with Crippen LogP contribution in [-0.4, -0.2) is 37.8 Å². The van der Waals surface area contributed by atoms with Crippen molar-refractivity contribution in [3.05, 3.63) is 52.5 Å². The summed E-state index contributed by atoms with van der Waals surface area (Å²) >= 11 is 7.52. The second-order valence-corrected chi connectivity index (χ2v) is 6.49. The second kappa shape index (κ2) is 7.80. The first kappa shape index (κ1) is 17.6. The van der Waals surface area contributed by atoms with Crippen molar-refractivity contribution in [2.45, 2.75) is 4.90 Å². The van der Waals surface area contributed by atoms with Gasteiger partial charge in [0, 0.05) is 10.5 Å². The molecule has 7 heteroatoms. The van der Waals surface area contributed by atoms with Crippen LogP contribution in [0.15, 0.2) is 41.3 Å². The predicted molar refractivity (Wildman–Crippen MR) is 95.3 cm³/mol. The van der Waals surface area contributed by atoms with Crippen molar-refractivity contribution in [3.8, 4) is 11.5 Å². The zero-order valence-electron chi connectivity index (χ0n) is 13.4. The smallest absolute Gasteiger partial charge is 0.340 e. The normalized spacial score (nSPS) is 12.6. The highest BCUT2D eigenvalue weighted by atomic mass is 35.5. The molecule has 0 aliphatic carbocycles. The molecule has 25 heavy (non-hydrogen) atoms. The van der Waals surface area contributed by atoms with Crippen molar-refractivity contribution in [1.29, 1.82) is 0 Å². The lowest BCUT2D eigenvalue weighted by atomic mass is 10.1. The molecule has 0 fully saturated rings. The van der Waals surface area contributed by atoms with Gasteiger partial charge in [0.1, 0.15) is 13.2 Å². The summed E-state index contributed by atoms with van der Waals surface area (Å²) in [7, 11) is 0. The van der Waals surface area contributed by atoms with E-state index in [1.165, 1.54) is 11.8 Å². The molecule has 2 aromatic carbocycles. The molecule has 2 aromatic rings. The van der Waals surface area contributed by atoms with Gasteiger partial charge < -0.3 is 14.2 Å². The molecule has 1 aliphatic heterocycles. The van der Waals surface area contributed by atoms with Gasteiger partial charge in [-0.25, -0.2) is 4.79 Å². The van der Waals surface area contributed by atoms with Gasteiger partial charge in [-0.1, -0.05) is 11.6 Å². The van der Waals surface area contributed by atoms with Crippen LogP contribution in [-0.2, 0) is 4.74 Å². The highest BCUT2D eigenvalue weighted by molar-refractivity contribution is 7.98. The third-order valence-corrected chi connectivity index (χ3v) is 4.65. The van der Waals surface area contributed by atoms with E-state index in [1.54, 1.807) is 30.3 Å². The average Bonchev–Trinajstić information content (AvgIpc) is 2.65. The number of hydrogen-bond donors (Lipinski definition) is 0. The quantitative estimate of drug-likeness (QED) is 0.447. The van der Waals surface area contributed by atoms with Gasteiger partial charge >= 0.3 is 5.97 Å². The van der Waals surface area contributed by atoms with Crippen molar-refractivity contribution >= 4 is 35.1 Å². The Morgan fingerprint density at radius 3 is 2.64 bits per heavy atom. The molecule has 1 aliphatic rings. The Bertz CT molecular complexity index is 821. The molecule has 0 unspecified atom stereocenters. The topological polar surface area (TPSA) is 61.8 Å². The molecule has 0 saturated carbocycles. The van der Waals surface area contributed by atoms with Crippen LogP contribution in [0.4, 0.5) is 0 Å². The lowest BCUT2D eigenvalue weighted by Gasteiger charge is -2.18. The number of benzene rings is 2. The number of carbonyl (C=O) groups is 2. The number of ether oxygens (including phenoxy) is 3. The van der Waals surface area contributed by atoms with E-state index in [4.69, 9.17) is 25.8 Å². The highest BCUT2D eigenvalue weighted by Crippen LogP contribution is 2.31. The fraction of sp³-hybridized carbons (Fsp3) is 0.222. The van der Waals surface area contributed by atoms with Crippen LogP contribution in [0, 0.1) is 0 Å². The SMILES string of the molecule is CSc1ccc(Cl)c(C(=O)OCC(=O)c2ccc3c(c2)OCCO3)c1. The minimum atomic E-state index is -0.633. The van der Waals surface area contributed by atoms with E-state index in [1.807, 2.05) is 12.3 Å². The summed E-state index contributed by atoms with van der Waals surface area (Å²) < 4.78 is 16.0. The van der Waals surface area contributed by atoms with E-state index >= 15 is 0 Å². The Kier molecular flexibility index (Phi) is 5.50. The van der Waals surface area contributed by atoms with E-state index < -0.39 is 5.97 Å². The van der Waals surface area contributed by atoms with Gasteiger partial charge in [-0.2, -0.15) is 0 Å². The molecule has 0 bridgehead atoms. The summed E-state index contributed by atoms with van der Waals surface area (Å²) in [4.78, 5) is 25.3. The minimum Gasteiger partial charge on any atom is -0.486 e. The molecular formula is C18H15ClO5S. The molecule has 5 nitrogen and oxygen atoms in total. The molecule has 0 amide bonds. The molecule has 0 radical (unpaired) electrons. The summed E-state index contributed by atoms with van der Waals surface area (Å²) in [6, 6.07) is 9.96. The van der Waals surface area contributed by atoms with Gasteiger partial charge in [0.2, 0.25) is 0 Å². The number of fused-ring (bicyclic) bond motifs is 1. The van der Waals surface area contributed by atoms with Crippen LogP contribution in [0.25, 0.3) is 0 Å². The molecule has 0 N–H and O–H groups in total. The third kappa shape index (κ3) is 4.08. The second-order valence-electron chi connectivity index (χ2n) is 5.20. The summed E-state index contributed by atoms with van der Waals surface area (Å²) in [5.74, 6) is 0.147. The van der Waals surface area contributed by atoms with Gasteiger partial charge in [-0.15, -0.1) is 11.8 Å². The molecule has 3 rings (SSSR count). The Hall–Kier alpha value is -2.18. The van der Waals surface area contributed by atoms with E-state index in [9.17, 15) is 9.59 Å². The lowest BCUT2D eigenvalue weighted by Crippen LogP contribution is -2.17. The van der Waals surface area contributed by atoms with Crippen molar-refractivity contribution in [2.75, 3.05) is 26.1 Å². The monoisotopic (exact) mass is 378 g/mol. The van der Waals surface area contributed by atoms with Crippen LogP contribution in [0.5, 0.6) is 11.5 Å². The number of carbonyl (C=O) groups excluding carboxylic acids is 2. The first-order valence-electron chi connectivity index (χ1n) is 7.52. The van der Waals surface area contributed by atoms with Gasteiger partial charge in [0.15, 0.2) is 23.9 Å². The van der Waals surface area contributed by atoms with Crippen molar-refractivity contribution in [1.82, 2.24) is 0 Å². The molecule has 130 valence electrons. The molecule has 0 aromatic heterocycles. The van der Waals surface area contributed by atoms with E-state index in [-0.39, 0.29) is 23.0 Å². The number of Topliss-reactive ketones (excluding diaryl/α,β-unsaturated/α-hetero) is 1. The van der Waals surface area contributed by atoms with Crippen LogP contribution in [0.1, 0.15) is 20.7 Å². The fourth-order valence-electron chi connectivity index (χ4n) is 2.30. The van der Waals surface area contributed by atoms with Gasteiger partial charge in [0.25, 0.3) is 0 Å². The maximum Gasteiger partial charge on any atom is 0.340 e. The fourth-order valence-corrected chi connectivity index (χ4v) is 2.93. The molecular weight excluding hydrogens is 364 g/mol. The average molecular weight is 379 g/mol. The number of rotatable bonds is 5. The Balaban J connectivity index is 1.67. The van der Waals surface area contributed by atoms with Gasteiger partial charge in [-0.3, -0.25) is 4.79 Å². The highest BCUT2D eigenvalue weighted by Gasteiger charge is 2.18. The predicted octanol–water partition coefficient (Wildman–Crippen LogP) is 3.87. The molecule has 0 saturated heterocycles. The molecule has 0 spiro atoms. The zero-order chi connectivity index (χ0) is 17.8. The first-order chi connectivity index (χ1) is 12.1. The number of thioether (sulfide) groups is 1. The van der Waals surface area contributed by atoms with Crippen molar-refractivity contribution in [3.63, 3.8) is 0 Å². The molecule has 1 heterocycles. The van der Waals surface area contributed by atoms with Crippen LogP contribution in [0.2, 0.25) is 5.02 Å². The number of ketones is 1. The number of hydrogen-bond acceptors (Lipinski definition) is 6. The summed E-state index contributed by atoms with van der Waals surface area (Å²) in [6.07, 6.45) is 1.89. The third-order valence-electron chi connectivity index (χ3n) is 3.59. The van der Waals surface area contributed by atoms with Gasteiger partial charge in [-0.05, 0) is 42.7 Å². The van der Waals surface area contributed by atoms with Crippen LogP contribution >= 0.6 is 23.4 Å². The molecule has 0 atom stereocenters. The van der Waals surface area contributed by atoms with Crippen LogP contribution < -0.4 is 9.47 Å². The van der Waals surface area contributed by atoms with Gasteiger partial charge in [0.05, 0.1) is 10.6 Å². The summed E-state index contributed by atoms with van der Waals surface area (Å²) in [5.41, 5.74) is 0.629. The summed E-state index contributed by atoms with van der Waals surface area (Å²) in [6.45, 7) is 0.538. The maximum atomic E-state index is 12.3. The lowest BCUT2D eigenvalue weighted by molar-refractivity contribution is 0.0474. The standard InChI is InChI=1S/C18H15ClO5S/c1-25-12-3-4-14(19)13(9-12)18(21)24-10-15(20)11-2-5-16-17(8-11)23-7-6-22-16/h2-5,8-9H,6-7,10H2,1H3. The van der Waals surface area contributed by atoms with Crippen molar-refractivity contribution < 1.29 is 23.8 Å². The minimum absolute atomic E-state index is 0.239. The zero-order valence-corrected chi connectivity index (χ0v) is 15.0. The van der Waals surface area contributed by atoms with Crippen LogP contribution in [0.3, 0.4) is 0 Å². The van der Waals surface area contributed by atoms with Crippen molar-refractivity contribution in [2.24, 2.45) is 0 Å². The summed E-state index contributed by atoms with van der Waals surface area (Å²) in [5, 5.41) is 0.287.